The zero-order chi connectivity index (χ0) is 22.5. The third kappa shape index (κ3) is 5.29. The van der Waals surface area contributed by atoms with Crippen molar-refractivity contribution >= 4 is 39.9 Å². The van der Waals surface area contributed by atoms with E-state index in [4.69, 9.17) is 0 Å². The molecule has 0 spiro atoms. The van der Waals surface area contributed by atoms with Crippen LogP contribution in [0, 0.1) is 16.0 Å². The maximum Gasteiger partial charge on any atom is 0.269 e. The van der Waals surface area contributed by atoms with Crippen LogP contribution in [0.2, 0.25) is 0 Å². The number of nitrogens with zero attached hydrogens (tertiary/aromatic N) is 4. The normalized spacial score (nSPS) is 11.1. The van der Waals surface area contributed by atoms with Gasteiger partial charge in [0, 0.05) is 31.4 Å². The van der Waals surface area contributed by atoms with E-state index in [2.05, 4.69) is 18.8 Å². The number of nitro groups is 1. The van der Waals surface area contributed by atoms with E-state index in [-0.39, 0.29) is 22.9 Å². The Bertz CT molecular complexity index is 1160. The van der Waals surface area contributed by atoms with Gasteiger partial charge in [0.05, 0.1) is 21.6 Å². The van der Waals surface area contributed by atoms with Crippen molar-refractivity contribution in [3.05, 3.63) is 69.0 Å². The number of fused-ring (bicyclic) bond motifs is 1. The van der Waals surface area contributed by atoms with Crippen LogP contribution in [0.5, 0.6) is 0 Å². The molecule has 0 fully saturated rings. The molecule has 8 nitrogen and oxygen atoms in total. The molecule has 3 rings (SSSR count). The third-order valence-corrected chi connectivity index (χ3v) is 5.86. The Kier molecular flexibility index (Phi) is 7.06. The quantitative estimate of drug-likeness (QED) is 0.226. The summed E-state index contributed by atoms with van der Waals surface area (Å²) in [5.74, 6) is 0.308. The van der Waals surface area contributed by atoms with Crippen molar-refractivity contribution in [2.24, 2.45) is 5.92 Å². The van der Waals surface area contributed by atoms with Crippen LogP contribution < -0.4 is 10.5 Å². The molecule has 1 amide bonds. The number of anilines is 1. The number of carbonyl (C=O) groups excluding carboxylic acids is 1. The molecule has 2 aromatic carbocycles. The van der Waals surface area contributed by atoms with Gasteiger partial charge in [0.1, 0.15) is 0 Å². The highest BCUT2D eigenvalue weighted by atomic mass is 32.2. The minimum Gasteiger partial charge on any atom is -0.315 e. The Labute approximate surface area is 184 Å². The van der Waals surface area contributed by atoms with Crippen molar-refractivity contribution in [3.63, 3.8) is 0 Å². The number of thioether (sulfide) groups is 1. The smallest absolute Gasteiger partial charge is 0.269 e. The second kappa shape index (κ2) is 9.74. The Hall–Kier alpha value is -3.20. The van der Waals surface area contributed by atoms with Crippen LogP contribution in [-0.2, 0) is 11.3 Å². The topological polar surface area (TPSA) is 98.3 Å². The Morgan fingerprint density at radius 1 is 1.19 bits per heavy atom. The van der Waals surface area contributed by atoms with E-state index < -0.39 is 4.92 Å². The minimum atomic E-state index is -0.483. The van der Waals surface area contributed by atoms with E-state index in [9.17, 15) is 19.7 Å². The predicted octanol–water partition coefficient (Wildman–Crippen LogP) is 4.11. The van der Waals surface area contributed by atoms with E-state index in [1.54, 1.807) is 23.7 Å². The lowest BCUT2D eigenvalue weighted by molar-refractivity contribution is -0.384. The Balaban J connectivity index is 1.81. The van der Waals surface area contributed by atoms with Gasteiger partial charge in [0.2, 0.25) is 5.91 Å². The fourth-order valence-corrected chi connectivity index (χ4v) is 3.95. The first-order chi connectivity index (χ1) is 14.8. The summed E-state index contributed by atoms with van der Waals surface area (Å²) < 4.78 is 1.64. The van der Waals surface area contributed by atoms with Gasteiger partial charge >= 0.3 is 0 Å². The first kappa shape index (κ1) is 22.5. The molecule has 1 aromatic heterocycles. The SMILES string of the molecule is CC(C)CCn1c(SCC(=O)N(C)c2ccc([N+](=O)[O-])cc2)nc2ccccc2c1=O. The molecule has 0 atom stereocenters. The van der Waals surface area contributed by atoms with Crippen LogP contribution in [-0.4, -0.2) is 33.2 Å². The highest BCUT2D eigenvalue weighted by Crippen LogP contribution is 2.22. The molecule has 162 valence electrons. The molecule has 31 heavy (non-hydrogen) atoms. The standard InChI is InChI=1S/C22H24N4O4S/c1-15(2)12-13-25-21(28)18-6-4-5-7-19(18)23-22(25)31-14-20(27)24(3)16-8-10-17(11-9-16)26(29)30/h4-11,15H,12-14H2,1-3H3. The van der Waals surface area contributed by atoms with Crippen LogP contribution in [0.3, 0.4) is 0 Å². The number of amides is 1. The maximum atomic E-state index is 13.0. The van der Waals surface area contributed by atoms with Crippen molar-refractivity contribution in [3.8, 4) is 0 Å². The number of para-hydroxylation sites is 1. The molecule has 0 aliphatic rings. The molecule has 0 radical (unpaired) electrons. The first-order valence-electron chi connectivity index (χ1n) is 9.91. The summed E-state index contributed by atoms with van der Waals surface area (Å²) in [7, 11) is 1.61. The first-order valence-corrected chi connectivity index (χ1v) is 10.9. The molecule has 9 heteroatoms. The van der Waals surface area contributed by atoms with Crippen LogP contribution in [0.15, 0.2) is 58.5 Å². The van der Waals surface area contributed by atoms with Crippen molar-refractivity contribution in [2.45, 2.75) is 32.0 Å². The van der Waals surface area contributed by atoms with E-state index in [0.29, 0.717) is 34.2 Å². The second-order valence-corrected chi connectivity index (χ2v) is 8.51. The number of nitro benzene ring substituents is 1. The van der Waals surface area contributed by atoms with Gasteiger partial charge in [-0.1, -0.05) is 37.7 Å². The summed E-state index contributed by atoms with van der Waals surface area (Å²) in [6.07, 6.45) is 0.824. The molecular formula is C22H24N4O4S. The summed E-state index contributed by atoms with van der Waals surface area (Å²) in [6, 6.07) is 13.0. The van der Waals surface area contributed by atoms with E-state index in [1.165, 1.54) is 40.9 Å². The number of rotatable bonds is 8. The number of hydrogen-bond donors (Lipinski definition) is 0. The van der Waals surface area contributed by atoms with Gasteiger partial charge in [-0.15, -0.1) is 0 Å². The Morgan fingerprint density at radius 2 is 1.87 bits per heavy atom. The molecule has 0 unspecified atom stereocenters. The highest BCUT2D eigenvalue weighted by Gasteiger charge is 2.17. The van der Waals surface area contributed by atoms with Gasteiger partial charge in [0.25, 0.3) is 11.2 Å². The summed E-state index contributed by atoms with van der Waals surface area (Å²) >= 11 is 1.22. The van der Waals surface area contributed by atoms with Crippen LogP contribution in [0.25, 0.3) is 10.9 Å². The lowest BCUT2D eigenvalue weighted by Crippen LogP contribution is -2.29. The zero-order valence-corrected chi connectivity index (χ0v) is 18.5. The molecule has 1 heterocycles. The average molecular weight is 441 g/mol. The molecule has 0 N–H and O–H groups in total. The summed E-state index contributed by atoms with van der Waals surface area (Å²) in [6.45, 7) is 4.72. The molecule has 0 saturated heterocycles. The molecule has 0 bridgehead atoms. The monoisotopic (exact) mass is 440 g/mol. The van der Waals surface area contributed by atoms with Gasteiger partial charge in [-0.25, -0.2) is 4.98 Å². The fraction of sp³-hybridized carbons (Fsp3) is 0.318. The van der Waals surface area contributed by atoms with Gasteiger partial charge in [0.15, 0.2) is 5.16 Å². The van der Waals surface area contributed by atoms with Gasteiger partial charge in [-0.3, -0.25) is 24.3 Å². The van der Waals surface area contributed by atoms with Crippen LogP contribution >= 0.6 is 11.8 Å². The number of aromatic nitrogens is 2. The highest BCUT2D eigenvalue weighted by molar-refractivity contribution is 7.99. The number of hydrogen-bond acceptors (Lipinski definition) is 6. The minimum absolute atomic E-state index is 0.0338. The molecular weight excluding hydrogens is 416 g/mol. The summed E-state index contributed by atoms with van der Waals surface area (Å²) in [5, 5.41) is 11.9. The molecule has 0 aliphatic heterocycles. The van der Waals surface area contributed by atoms with Crippen LogP contribution in [0.1, 0.15) is 20.3 Å². The van der Waals surface area contributed by atoms with E-state index in [0.717, 1.165) is 6.42 Å². The Morgan fingerprint density at radius 3 is 2.52 bits per heavy atom. The van der Waals surface area contributed by atoms with Crippen molar-refractivity contribution in [1.29, 1.82) is 0 Å². The molecule has 3 aromatic rings. The number of non-ortho nitro benzene ring substituents is 1. The lowest BCUT2D eigenvalue weighted by atomic mass is 10.1. The van der Waals surface area contributed by atoms with Gasteiger partial charge in [-0.05, 0) is 36.6 Å². The van der Waals surface area contributed by atoms with Crippen molar-refractivity contribution in [1.82, 2.24) is 9.55 Å². The van der Waals surface area contributed by atoms with Crippen LogP contribution in [0.4, 0.5) is 11.4 Å². The van der Waals surface area contributed by atoms with Crippen molar-refractivity contribution in [2.75, 3.05) is 17.7 Å². The number of benzene rings is 2. The summed E-state index contributed by atoms with van der Waals surface area (Å²) in [5.41, 5.74) is 1.02. The third-order valence-electron chi connectivity index (χ3n) is 4.90. The predicted molar refractivity (Wildman–Crippen MR) is 123 cm³/mol. The lowest BCUT2D eigenvalue weighted by Gasteiger charge is -2.18. The van der Waals surface area contributed by atoms with Gasteiger partial charge < -0.3 is 4.90 Å². The average Bonchev–Trinajstić information content (AvgIpc) is 2.76. The van der Waals surface area contributed by atoms with Crippen molar-refractivity contribution < 1.29 is 9.72 Å². The molecule has 0 saturated carbocycles. The largest absolute Gasteiger partial charge is 0.315 e. The fourth-order valence-electron chi connectivity index (χ4n) is 3.01. The summed E-state index contributed by atoms with van der Waals surface area (Å²) in [4.78, 5) is 42.1. The molecule has 0 aliphatic carbocycles. The zero-order valence-electron chi connectivity index (χ0n) is 17.6. The van der Waals surface area contributed by atoms with Gasteiger partial charge in [-0.2, -0.15) is 0 Å². The van der Waals surface area contributed by atoms with E-state index >= 15 is 0 Å². The van der Waals surface area contributed by atoms with E-state index in [1.807, 2.05) is 12.1 Å². The number of carbonyl (C=O) groups is 1. The second-order valence-electron chi connectivity index (χ2n) is 7.57. The maximum absolute atomic E-state index is 13.0.